The van der Waals surface area contributed by atoms with Gasteiger partial charge in [-0.3, -0.25) is 4.79 Å². The topological polar surface area (TPSA) is 48.7 Å². The van der Waals surface area contributed by atoms with Crippen LogP contribution in [0.1, 0.15) is 25.8 Å². The van der Waals surface area contributed by atoms with Crippen LogP contribution in [0.4, 0.5) is 0 Å². The Kier molecular flexibility index (Phi) is 3.22. The molecule has 1 aromatic heterocycles. The van der Waals surface area contributed by atoms with Gasteiger partial charge in [0.25, 0.3) is 0 Å². The van der Waals surface area contributed by atoms with Crippen LogP contribution in [0.5, 0.6) is 11.5 Å². The summed E-state index contributed by atoms with van der Waals surface area (Å²) in [4.78, 5) is 11.5. The standard InChI is InChI=1S/C16H16O4/c1-10(2)5-7-19-16-14-12(6-8-18-14)9-11-3-4-13(17)20-15(11)16/h5-6,8-9H,3-4,7H2,1-2H3. The fraction of sp³-hybridized carbons (Fsp3) is 0.312. The van der Waals surface area contributed by atoms with E-state index in [1.165, 1.54) is 5.57 Å². The SMILES string of the molecule is CC(C)=CCOc1c2c(cc3ccoc13)CCC(=O)O2. The van der Waals surface area contributed by atoms with E-state index in [9.17, 15) is 4.79 Å². The first-order chi connectivity index (χ1) is 9.65. The molecule has 0 N–H and O–H groups in total. The zero-order valence-electron chi connectivity index (χ0n) is 11.6. The third kappa shape index (κ3) is 2.29. The summed E-state index contributed by atoms with van der Waals surface area (Å²) in [6.07, 6.45) is 4.67. The third-order valence-corrected chi connectivity index (χ3v) is 3.26. The van der Waals surface area contributed by atoms with Crippen LogP contribution in [-0.4, -0.2) is 12.6 Å². The molecule has 0 unspecified atom stereocenters. The van der Waals surface area contributed by atoms with E-state index in [-0.39, 0.29) is 5.97 Å². The van der Waals surface area contributed by atoms with E-state index in [4.69, 9.17) is 13.9 Å². The van der Waals surface area contributed by atoms with Gasteiger partial charge < -0.3 is 13.9 Å². The zero-order valence-corrected chi connectivity index (χ0v) is 11.6. The summed E-state index contributed by atoms with van der Waals surface area (Å²) in [6, 6.07) is 3.88. The number of aryl methyl sites for hydroxylation is 1. The minimum atomic E-state index is -0.226. The minimum Gasteiger partial charge on any atom is -0.482 e. The molecule has 20 heavy (non-hydrogen) atoms. The van der Waals surface area contributed by atoms with E-state index in [0.717, 1.165) is 10.9 Å². The molecular weight excluding hydrogens is 256 g/mol. The smallest absolute Gasteiger partial charge is 0.311 e. The number of hydrogen-bond donors (Lipinski definition) is 0. The summed E-state index contributed by atoms with van der Waals surface area (Å²) < 4.78 is 16.6. The van der Waals surface area contributed by atoms with Gasteiger partial charge >= 0.3 is 5.97 Å². The van der Waals surface area contributed by atoms with Crippen molar-refractivity contribution in [2.24, 2.45) is 0 Å². The Labute approximate surface area is 117 Å². The highest BCUT2D eigenvalue weighted by Gasteiger charge is 2.25. The molecule has 0 fully saturated rings. The summed E-state index contributed by atoms with van der Waals surface area (Å²) in [7, 11) is 0. The van der Waals surface area contributed by atoms with Crippen LogP contribution >= 0.6 is 0 Å². The predicted octanol–water partition coefficient (Wildman–Crippen LogP) is 3.63. The Balaban J connectivity index is 2.06. The van der Waals surface area contributed by atoms with Gasteiger partial charge in [0.1, 0.15) is 6.61 Å². The van der Waals surface area contributed by atoms with E-state index >= 15 is 0 Å². The largest absolute Gasteiger partial charge is 0.482 e. The van der Waals surface area contributed by atoms with Gasteiger partial charge in [-0.15, -0.1) is 0 Å². The second kappa shape index (κ2) is 5.04. The molecule has 1 aliphatic heterocycles. The van der Waals surface area contributed by atoms with Crippen molar-refractivity contribution in [2.45, 2.75) is 26.7 Å². The van der Waals surface area contributed by atoms with Gasteiger partial charge in [0, 0.05) is 10.9 Å². The van der Waals surface area contributed by atoms with Crippen molar-refractivity contribution in [3.8, 4) is 11.5 Å². The molecule has 0 bridgehead atoms. The lowest BCUT2D eigenvalue weighted by Crippen LogP contribution is -2.16. The van der Waals surface area contributed by atoms with E-state index in [1.54, 1.807) is 6.26 Å². The highest BCUT2D eigenvalue weighted by Crippen LogP contribution is 2.42. The van der Waals surface area contributed by atoms with Crippen molar-refractivity contribution in [3.05, 3.63) is 35.6 Å². The van der Waals surface area contributed by atoms with Crippen molar-refractivity contribution >= 4 is 16.9 Å². The lowest BCUT2D eigenvalue weighted by molar-refractivity contribution is -0.135. The molecule has 0 spiro atoms. The number of allylic oxidation sites excluding steroid dienone is 1. The normalized spacial score (nSPS) is 13.8. The van der Waals surface area contributed by atoms with E-state index < -0.39 is 0 Å². The molecule has 0 aliphatic carbocycles. The lowest BCUT2D eigenvalue weighted by Gasteiger charge is -2.19. The summed E-state index contributed by atoms with van der Waals surface area (Å²) in [5.74, 6) is 0.800. The zero-order chi connectivity index (χ0) is 14.1. The van der Waals surface area contributed by atoms with Gasteiger partial charge in [-0.2, -0.15) is 0 Å². The van der Waals surface area contributed by atoms with Crippen LogP contribution in [0.25, 0.3) is 11.0 Å². The Bertz CT molecular complexity index is 690. The van der Waals surface area contributed by atoms with E-state index in [0.29, 0.717) is 36.5 Å². The van der Waals surface area contributed by atoms with Crippen LogP contribution < -0.4 is 9.47 Å². The van der Waals surface area contributed by atoms with Crippen LogP contribution in [0.15, 0.2) is 34.5 Å². The maximum absolute atomic E-state index is 11.5. The summed E-state index contributed by atoms with van der Waals surface area (Å²) >= 11 is 0. The maximum atomic E-state index is 11.5. The monoisotopic (exact) mass is 272 g/mol. The van der Waals surface area contributed by atoms with E-state index in [2.05, 4.69) is 0 Å². The number of carbonyl (C=O) groups is 1. The second-order valence-electron chi connectivity index (χ2n) is 5.10. The first-order valence-electron chi connectivity index (χ1n) is 6.65. The average molecular weight is 272 g/mol. The first-order valence-corrected chi connectivity index (χ1v) is 6.65. The van der Waals surface area contributed by atoms with Crippen LogP contribution in [0, 0.1) is 0 Å². The van der Waals surface area contributed by atoms with Crippen LogP contribution in [0.2, 0.25) is 0 Å². The average Bonchev–Trinajstić information content (AvgIpc) is 2.86. The summed E-state index contributed by atoms with van der Waals surface area (Å²) in [5.41, 5.74) is 2.79. The number of esters is 1. The number of rotatable bonds is 3. The molecule has 0 saturated carbocycles. The molecule has 0 saturated heterocycles. The van der Waals surface area contributed by atoms with Gasteiger partial charge in [0.15, 0.2) is 11.3 Å². The van der Waals surface area contributed by atoms with Crippen molar-refractivity contribution in [1.29, 1.82) is 0 Å². The highest BCUT2D eigenvalue weighted by atomic mass is 16.6. The fourth-order valence-corrected chi connectivity index (χ4v) is 2.24. The van der Waals surface area contributed by atoms with Gasteiger partial charge in [-0.05, 0) is 38.5 Å². The van der Waals surface area contributed by atoms with Gasteiger partial charge in [-0.1, -0.05) is 5.57 Å². The van der Waals surface area contributed by atoms with Gasteiger partial charge in [0.05, 0.1) is 12.7 Å². The Morgan fingerprint density at radius 2 is 2.25 bits per heavy atom. The fourth-order valence-electron chi connectivity index (χ4n) is 2.24. The molecule has 3 rings (SSSR count). The van der Waals surface area contributed by atoms with Gasteiger partial charge in [-0.25, -0.2) is 0 Å². The van der Waals surface area contributed by atoms with Crippen molar-refractivity contribution < 1.29 is 18.7 Å². The molecular formula is C16H16O4. The number of hydrogen-bond acceptors (Lipinski definition) is 4. The number of ether oxygens (including phenoxy) is 2. The molecule has 0 atom stereocenters. The van der Waals surface area contributed by atoms with Crippen molar-refractivity contribution in [3.63, 3.8) is 0 Å². The number of benzene rings is 1. The minimum absolute atomic E-state index is 0.226. The summed E-state index contributed by atoms with van der Waals surface area (Å²) in [6.45, 7) is 4.44. The highest BCUT2D eigenvalue weighted by molar-refractivity contribution is 5.90. The summed E-state index contributed by atoms with van der Waals surface area (Å²) in [5, 5.41) is 0.967. The van der Waals surface area contributed by atoms with Gasteiger partial charge in [0.2, 0.25) is 5.75 Å². The predicted molar refractivity (Wildman–Crippen MR) is 75.1 cm³/mol. The lowest BCUT2D eigenvalue weighted by atomic mass is 10.0. The number of fused-ring (bicyclic) bond motifs is 2. The van der Waals surface area contributed by atoms with Crippen molar-refractivity contribution in [1.82, 2.24) is 0 Å². The quantitative estimate of drug-likeness (QED) is 0.486. The Morgan fingerprint density at radius 1 is 1.40 bits per heavy atom. The molecule has 2 aromatic rings. The van der Waals surface area contributed by atoms with Crippen molar-refractivity contribution in [2.75, 3.05) is 6.61 Å². The molecule has 1 aliphatic rings. The molecule has 4 nitrogen and oxygen atoms in total. The second-order valence-corrected chi connectivity index (χ2v) is 5.10. The molecule has 0 radical (unpaired) electrons. The first kappa shape index (κ1) is 12.8. The molecule has 4 heteroatoms. The molecule has 2 heterocycles. The Hall–Kier alpha value is -2.23. The Morgan fingerprint density at radius 3 is 3.05 bits per heavy atom. The third-order valence-electron chi connectivity index (χ3n) is 3.26. The molecule has 0 amide bonds. The maximum Gasteiger partial charge on any atom is 0.311 e. The van der Waals surface area contributed by atoms with E-state index in [1.807, 2.05) is 32.1 Å². The molecule has 1 aromatic carbocycles. The number of furan rings is 1. The number of carbonyl (C=O) groups excluding carboxylic acids is 1. The van der Waals surface area contributed by atoms with Crippen LogP contribution in [0.3, 0.4) is 0 Å². The molecule has 104 valence electrons. The van der Waals surface area contributed by atoms with Crippen LogP contribution in [-0.2, 0) is 11.2 Å².